The van der Waals surface area contributed by atoms with Crippen molar-refractivity contribution in [2.45, 2.75) is 91.2 Å². The van der Waals surface area contributed by atoms with Gasteiger partial charge in [-0.2, -0.15) is 18.1 Å². The molecule has 148 heavy (non-hydrogen) atoms. The molecule has 758 valence electrons. The topological polar surface area (TPSA) is 555 Å². The number of amides is 4. The largest absolute Gasteiger partial charge is 0.470 e. The highest BCUT2D eigenvalue weighted by Crippen LogP contribution is 2.36. The molecule has 48 heteroatoms. The number of pyridine rings is 4. The Labute approximate surface area is 839 Å². The quantitative estimate of drug-likeness (QED) is 0.0259. The Bertz CT molecular complexity index is 7970. The van der Waals surface area contributed by atoms with Crippen LogP contribution in [0.15, 0.2) is 213 Å². The summed E-state index contributed by atoms with van der Waals surface area (Å²) in [7, 11) is 11.1. The number of fused-ring (bicyclic) bond motifs is 12. The summed E-state index contributed by atoms with van der Waals surface area (Å²) in [4.78, 5) is 66.7. The number of rotatable bonds is 40. The average molecular weight is 2010 g/mol. The zero-order valence-corrected chi connectivity index (χ0v) is 81.3. The Morgan fingerprint density at radius 1 is 0.351 bits per heavy atom. The van der Waals surface area contributed by atoms with Gasteiger partial charge in [0.05, 0.1) is 64.3 Å². The lowest BCUT2D eigenvalue weighted by atomic mass is 10.2. The third-order valence-corrected chi connectivity index (χ3v) is 22.7. The fourth-order valence-electron chi connectivity index (χ4n) is 15.5. The molecule has 21 rings (SSSR count). The van der Waals surface area contributed by atoms with Crippen LogP contribution in [0.3, 0.4) is 0 Å². The highest BCUT2D eigenvalue weighted by molar-refractivity contribution is 6.01. The molecule has 0 radical (unpaired) electrons. The van der Waals surface area contributed by atoms with E-state index in [4.69, 9.17) is 74.9 Å². The van der Waals surface area contributed by atoms with Crippen molar-refractivity contribution in [2.75, 3.05) is 95.8 Å². The molecule has 4 aromatic carbocycles. The third-order valence-electron chi connectivity index (χ3n) is 22.7. The van der Waals surface area contributed by atoms with E-state index in [0.717, 1.165) is 69.0 Å². The molecule has 2 atom stereocenters. The average Bonchev–Trinajstić information content (AvgIpc) is 1.61. The monoisotopic (exact) mass is 2010 g/mol. The number of nitrogens with one attached hydrogen (secondary N) is 4. The van der Waals surface area contributed by atoms with E-state index in [1.165, 1.54) is 18.6 Å². The molecule has 4 N–H and O–H groups in total. The summed E-state index contributed by atoms with van der Waals surface area (Å²) >= 11 is 0. The van der Waals surface area contributed by atoms with E-state index in [-0.39, 0.29) is 88.6 Å². The van der Waals surface area contributed by atoms with Crippen LogP contribution in [0.25, 0.3) is 112 Å². The van der Waals surface area contributed by atoms with E-state index in [2.05, 4.69) is 123 Å². The van der Waals surface area contributed by atoms with E-state index >= 15 is 0 Å². The summed E-state index contributed by atoms with van der Waals surface area (Å²) in [6, 6.07) is 51.2. The van der Waals surface area contributed by atoms with Crippen molar-refractivity contribution < 1.29 is 94.1 Å². The van der Waals surface area contributed by atoms with Gasteiger partial charge >= 0.3 is 0 Å². The predicted octanol–water partition coefficient (Wildman–Crippen LogP) is 11.0. The Balaban J connectivity index is 0.000000129. The highest BCUT2D eigenvalue weighted by Gasteiger charge is 2.28. The Hall–Kier alpha value is -17.7. The van der Waals surface area contributed by atoms with Gasteiger partial charge in [0.15, 0.2) is 68.4 Å². The second kappa shape index (κ2) is 48.1. The standard InChI is InChI=1S/C26H25N7O5.2C25H25N7O5.C24H23N7O5/c1-35-15-19-11-22(32-38-19)24-30-29-23-20-6-2-3-7-21(20)26(31-33(23)24)37-14-17-9-8-16(12-27-17)25(34)28-13-18-5-4-10-36-18;1-15(12-34-2)27-24(33)16-8-9-17(26-11-16)13-36-25-20-7-5-4-6-19(20)22-28-29-23(32(22)30-25)21-10-18(14-35-3)37-31-21;1-34-11-5-10-26-24(33)16-8-9-17(27-13-16)14-36-25-20-7-4-3-6-19(20)22-28-29-23(32(22)30-25)21-12-18(15-35-2)37-31-21;1-33-10-9-25-23(32)15-7-8-16(26-12-15)13-35-24-19-6-4-3-5-18(19)21-27-28-22(31(21)29-24)20-11-17(14-34-2)36-30-20/h2-3,6-9,11-12,18H,4-5,10,13-15H2,1H3,(H,28,34);4-11,15H,12-14H2,1-3H3,(H,27,33);3-4,6-9,12-13H,5,10-11,14-15H2,1-2H3,(H,26,33);3-8,11-12H,9-10,13-14H2,1-2H3,(H,25,32)/t18-;15-;;/m00../s1. The molecule has 1 aliphatic rings. The number of carbonyl (C=O) groups is 4. The second-order valence-electron chi connectivity index (χ2n) is 33.2. The molecule has 0 unspecified atom stereocenters. The number of benzene rings is 4. The van der Waals surface area contributed by atoms with Crippen LogP contribution in [0.1, 0.15) is 113 Å². The lowest BCUT2D eigenvalue weighted by Crippen LogP contribution is -2.35. The van der Waals surface area contributed by atoms with Crippen molar-refractivity contribution in [3.63, 3.8) is 0 Å². The molecule has 0 bridgehead atoms. The molecule has 4 amide bonds. The van der Waals surface area contributed by atoms with Crippen LogP contribution in [0.4, 0.5) is 0 Å². The zero-order valence-electron chi connectivity index (χ0n) is 81.3. The Morgan fingerprint density at radius 2 is 0.662 bits per heavy atom. The summed E-state index contributed by atoms with van der Waals surface area (Å²) in [6.45, 7) is 7.27. The summed E-state index contributed by atoms with van der Waals surface area (Å²) in [5, 5.41) is 87.1. The fourth-order valence-corrected chi connectivity index (χ4v) is 15.5. The molecule has 48 nitrogen and oxygen atoms in total. The maximum atomic E-state index is 12.4. The molecule has 20 aromatic rings. The molecule has 1 fully saturated rings. The van der Waals surface area contributed by atoms with Crippen molar-refractivity contribution in [3.8, 4) is 69.6 Å². The van der Waals surface area contributed by atoms with E-state index < -0.39 is 0 Å². The van der Waals surface area contributed by atoms with Gasteiger partial charge in [-0.3, -0.25) is 39.1 Å². The lowest BCUT2D eigenvalue weighted by molar-refractivity contribution is 0.0856. The third kappa shape index (κ3) is 23.7. The molecular formula is C100H98N28O20. The molecule has 17 heterocycles. The van der Waals surface area contributed by atoms with Crippen LogP contribution in [0.5, 0.6) is 23.5 Å². The zero-order chi connectivity index (χ0) is 102. The van der Waals surface area contributed by atoms with E-state index in [0.29, 0.717) is 200 Å². The smallest absolute Gasteiger partial charge is 0.253 e. The lowest BCUT2D eigenvalue weighted by Gasteiger charge is -2.13. The van der Waals surface area contributed by atoms with Gasteiger partial charge in [-0.05, 0) is 99.0 Å². The molecule has 16 aromatic heterocycles. The summed E-state index contributed by atoms with van der Waals surface area (Å²) < 4.78 is 92.8. The minimum atomic E-state index is -0.218. The van der Waals surface area contributed by atoms with Crippen LogP contribution in [0.2, 0.25) is 0 Å². The number of nitrogens with zero attached hydrogens (tertiary/aromatic N) is 24. The van der Waals surface area contributed by atoms with Gasteiger partial charge < -0.3 is 96.2 Å². The number of aromatic nitrogens is 24. The minimum absolute atomic E-state index is 0.0853. The van der Waals surface area contributed by atoms with E-state index in [1.807, 2.05) is 104 Å². The first kappa shape index (κ1) is 100. The fraction of sp³-hybridized carbons (Fsp3) is 0.280. The number of ether oxygens (including phenoxy) is 12. The molecule has 1 aliphatic heterocycles. The van der Waals surface area contributed by atoms with Crippen molar-refractivity contribution in [1.29, 1.82) is 0 Å². The summed E-state index contributed by atoms with van der Waals surface area (Å²) in [6.07, 6.45) is 8.92. The first-order valence-electron chi connectivity index (χ1n) is 46.5. The van der Waals surface area contributed by atoms with E-state index in [1.54, 1.807) is 147 Å². The van der Waals surface area contributed by atoms with Gasteiger partial charge in [0.2, 0.25) is 46.8 Å². The molecular weight excluding hydrogens is 1910 g/mol. The first-order chi connectivity index (χ1) is 72.6. The Kier molecular flexibility index (Phi) is 32.7. The summed E-state index contributed by atoms with van der Waals surface area (Å²) in [5.41, 5.74) is 8.58. The second-order valence-corrected chi connectivity index (χ2v) is 33.2. The number of methoxy groups -OCH3 is 7. The maximum absolute atomic E-state index is 12.4. The van der Waals surface area contributed by atoms with Crippen LogP contribution in [-0.2, 0) is 90.7 Å². The molecule has 0 spiro atoms. The van der Waals surface area contributed by atoms with Crippen molar-refractivity contribution in [3.05, 3.63) is 263 Å². The van der Waals surface area contributed by atoms with Gasteiger partial charge in [0.1, 0.15) is 52.9 Å². The Morgan fingerprint density at radius 3 is 0.953 bits per heavy atom. The van der Waals surface area contributed by atoms with Crippen molar-refractivity contribution >= 4 is 89.3 Å². The van der Waals surface area contributed by atoms with Crippen LogP contribution in [0, 0.1) is 0 Å². The van der Waals surface area contributed by atoms with Crippen LogP contribution in [-0.4, -0.2) is 251 Å². The first-order valence-corrected chi connectivity index (χ1v) is 46.5. The van der Waals surface area contributed by atoms with Crippen molar-refractivity contribution in [1.82, 2.24) is 141 Å². The van der Waals surface area contributed by atoms with Crippen LogP contribution >= 0.6 is 0 Å². The van der Waals surface area contributed by atoms with E-state index in [9.17, 15) is 19.2 Å². The number of hydrogen-bond acceptors (Lipinski definition) is 40. The SMILES string of the molecule is COCCCNC(=O)c1ccc(COc2nn3c(-c4cc(COC)on4)nnc3c3ccccc23)nc1.COCCNC(=O)c1ccc(COc2nn3c(-c4cc(COC)on4)nnc3c3ccccc23)nc1.COCc1cc(-c2nnc3c4ccccc4c(OCc4ccc(C(=O)NC[C@@H]5CCCO5)cn4)nn23)no1.COCc1cc(-c2nnc3c4ccccc4c(OCc4ccc(C(=O)N[C@@H](C)COC)cn4)nn23)no1. The van der Waals surface area contributed by atoms with Gasteiger partial charge in [0, 0.05) is 181 Å². The normalized spacial score (nSPS) is 12.6. The maximum Gasteiger partial charge on any atom is 0.253 e. The van der Waals surface area contributed by atoms with Crippen molar-refractivity contribution in [2.24, 2.45) is 0 Å². The van der Waals surface area contributed by atoms with Gasteiger partial charge in [-0.1, -0.05) is 93.4 Å². The minimum Gasteiger partial charge on any atom is -0.470 e. The number of hydrogen-bond donors (Lipinski definition) is 4. The predicted molar refractivity (Wildman–Crippen MR) is 525 cm³/mol. The molecule has 1 saturated heterocycles. The van der Waals surface area contributed by atoms with Gasteiger partial charge in [-0.15, -0.1) is 61.2 Å². The van der Waals surface area contributed by atoms with Gasteiger partial charge in [0.25, 0.3) is 23.6 Å². The molecule has 0 saturated carbocycles. The summed E-state index contributed by atoms with van der Waals surface area (Å²) in [5.74, 6) is 4.61. The van der Waals surface area contributed by atoms with Gasteiger partial charge in [-0.25, -0.2) is 0 Å². The highest BCUT2D eigenvalue weighted by atomic mass is 16.5. The molecule has 0 aliphatic carbocycles. The number of carbonyl (C=O) groups excluding carboxylic acids is 4. The van der Waals surface area contributed by atoms with Crippen LogP contribution < -0.4 is 40.2 Å².